The summed E-state index contributed by atoms with van der Waals surface area (Å²) in [5.41, 5.74) is 13.7. The second-order valence-corrected chi connectivity index (χ2v) is 19.2. The molecule has 2 heterocycles. The van der Waals surface area contributed by atoms with Crippen LogP contribution in [0, 0.1) is 0 Å². The Kier molecular flexibility index (Phi) is 29.0. The van der Waals surface area contributed by atoms with E-state index >= 15 is 0 Å². The molecule has 0 aromatic carbocycles. The quantitative estimate of drug-likeness (QED) is 0.0342. The number of nitrogens with one attached hydrogen (secondary N) is 3. The monoisotopic (exact) mass is 1010 g/mol. The van der Waals surface area contributed by atoms with Crippen molar-refractivity contribution in [3.63, 3.8) is 0 Å². The molecular formula is C46H76IN8O7S-. The van der Waals surface area contributed by atoms with E-state index in [1.165, 1.54) is 29.5 Å². The summed E-state index contributed by atoms with van der Waals surface area (Å²) in [4.78, 5) is 63.9. The van der Waals surface area contributed by atoms with Crippen LogP contribution in [0.1, 0.15) is 129 Å². The van der Waals surface area contributed by atoms with Crippen LogP contribution in [0.2, 0.25) is 0 Å². The first kappa shape index (κ1) is 55.5. The summed E-state index contributed by atoms with van der Waals surface area (Å²) < 4.78 is 18.2. The molecule has 0 spiro atoms. The van der Waals surface area contributed by atoms with Gasteiger partial charge in [0, 0.05) is 68.0 Å². The third kappa shape index (κ3) is 27.3. The van der Waals surface area contributed by atoms with Gasteiger partial charge < -0.3 is 31.2 Å². The molecule has 0 aliphatic carbocycles. The van der Waals surface area contributed by atoms with Crippen molar-refractivity contribution in [2.75, 3.05) is 59.7 Å². The van der Waals surface area contributed by atoms with E-state index in [4.69, 9.17) is 20.9 Å². The number of hydrogen-bond acceptors (Lipinski definition) is 13. The van der Waals surface area contributed by atoms with Gasteiger partial charge in [-0.15, -0.1) is 0 Å². The van der Waals surface area contributed by atoms with E-state index in [0.717, 1.165) is 98.6 Å². The van der Waals surface area contributed by atoms with Gasteiger partial charge in [-0.2, -0.15) is 0 Å². The van der Waals surface area contributed by atoms with Gasteiger partial charge in [0.2, 0.25) is 11.8 Å². The maximum absolute atomic E-state index is 13.3. The van der Waals surface area contributed by atoms with Crippen LogP contribution in [0.4, 0.5) is 0 Å². The van der Waals surface area contributed by atoms with Gasteiger partial charge in [-0.3, -0.25) is 24.1 Å². The first-order valence-electron chi connectivity index (χ1n) is 22.5. The number of ether oxygens (including phenoxy) is 2. The number of ketones is 1. The molecule has 0 saturated carbocycles. The molecule has 1 atom stereocenters. The smallest absolute Gasteiger partial charge is 0.253 e. The topological polar surface area (TPSA) is 211 Å². The molecule has 0 radical (unpaired) electrons. The molecule has 356 valence electrons. The molecule has 4 amide bonds. The Morgan fingerprint density at radius 3 is 2.06 bits per heavy atom. The van der Waals surface area contributed by atoms with Crippen molar-refractivity contribution in [3.8, 4) is 0 Å². The van der Waals surface area contributed by atoms with E-state index in [-0.39, 0.29) is 57.8 Å². The number of primary amides is 1. The van der Waals surface area contributed by atoms with Crippen molar-refractivity contribution in [1.29, 1.82) is 0 Å². The number of nitrogens with zero attached hydrogens (tertiary/aromatic N) is 3. The standard InChI is InChI=1S/C46H76IN8O7S/c1-36(16-17-43-53-47-34-41(49)63-43)35-54(5)29-31-62-33-32-61-30-27-51-38(3)20-23-46(24-21-39(4)56,25-22-40(48)57)52-42(58)15-13-11-9-7-6-8-10-12-14-37(2)50-26-28-55-44(59)18-19-45(55)60/h18-19,34-35,50-51H,2-3,6-17,20-33,49H2,1,4-5H3,(H2,48,57)(H,52,58)/q-1/b36-35+. The fourth-order valence-corrected chi connectivity index (χ4v) is 9.71. The van der Waals surface area contributed by atoms with E-state index in [0.29, 0.717) is 78.2 Å². The van der Waals surface area contributed by atoms with Gasteiger partial charge in [0.05, 0.1) is 6.61 Å². The number of carbonyl (C=O) groups is 5. The molecule has 0 aromatic heterocycles. The van der Waals surface area contributed by atoms with Gasteiger partial charge in [-0.25, -0.2) is 0 Å². The van der Waals surface area contributed by atoms with Gasteiger partial charge >= 0.3 is 131 Å². The second kappa shape index (κ2) is 32.9. The Labute approximate surface area is 391 Å². The first-order chi connectivity index (χ1) is 30.2. The van der Waals surface area contributed by atoms with Crippen molar-refractivity contribution in [1.82, 2.24) is 25.8 Å². The zero-order valence-electron chi connectivity index (χ0n) is 38.2. The normalized spacial score (nSPS) is 15.0. The Morgan fingerprint density at radius 1 is 0.825 bits per heavy atom. The predicted octanol–water partition coefficient (Wildman–Crippen LogP) is 2.84. The molecule has 15 nitrogen and oxygen atoms in total. The van der Waals surface area contributed by atoms with Gasteiger partial charge in [0.15, 0.2) is 0 Å². The first-order valence-corrected chi connectivity index (χ1v) is 25.5. The summed E-state index contributed by atoms with van der Waals surface area (Å²) in [7, 11) is 2.05. The molecule has 63 heavy (non-hydrogen) atoms. The molecule has 0 bridgehead atoms. The maximum atomic E-state index is 13.3. The number of halogens is 1. The van der Waals surface area contributed by atoms with Gasteiger partial charge in [-0.1, -0.05) is 51.7 Å². The van der Waals surface area contributed by atoms with Crippen molar-refractivity contribution < 1.29 is 54.9 Å². The zero-order valence-corrected chi connectivity index (χ0v) is 41.2. The molecule has 0 aromatic rings. The SMILES string of the molecule is C=C(CCCCCCCCCCC(=O)NC(CCC(=C)NCCOCCOCCN(C)/C=C(\C)CCC1=N[I-]C=C(N)S1)(CCC(C)=O)CCC(N)=O)NCCN1C(=O)C=CC1=O. The fraction of sp³-hybridized carbons (Fsp3) is 0.652. The van der Waals surface area contributed by atoms with Crippen molar-refractivity contribution >= 4 is 46.2 Å². The third-order valence-electron chi connectivity index (χ3n) is 10.6. The molecule has 7 N–H and O–H groups in total. The average Bonchev–Trinajstić information content (AvgIpc) is 3.56. The van der Waals surface area contributed by atoms with Gasteiger partial charge in [-0.05, 0) is 51.9 Å². The molecule has 0 fully saturated rings. The maximum Gasteiger partial charge on any atom is 0.253 e. The number of hydrogen-bond donors (Lipinski definition) is 5. The summed E-state index contributed by atoms with van der Waals surface area (Å²) in [5.74, 6) is -1.04. The average molecular weight is 1010 g/mol. The number of allylic oxidation sites excluding steroid dienone is 3. The van der Waals surface area contributed by atoms with Crippen LogP contribution >= 0.6 is 11.8 Å². The van der Waals surface area contributed by atoms with Gasteiger partial charge in [0.1, 0.15) is 5.78 Å². The number of likely N-dealkylation sites (N-methyl/N-ethyl adjacent to an activating group) is 1. The van der Waals surface area contributed by atoms with Crippen LogP contribution in [-0.4, -0.2) is 109 Å². The van der Waals surface area contributed by atoms with E-state index < -0.39 is 11.4 Å². The molecule has 1 unspecified atom stereocenters. The summed E-state index contributed by atoms with van der Waals surface area (Å²) >= 11 is 1.30. The van der Waals surface area contributed by atoms with Crippen LogP contribution in [-0.2, 0) is 33.4 Å². The molecule has 2 aliphatic heterocycles. The molecular weight excluding hydrogens is 936 g/mol. The number of rotatable bonds is 39. The molecule has 17 heteroatoms. The number of imide groups is 1. The van der Waals surface area contributed by atoms with E-state index in [1.54, 1.807) is 11.8 Å². The zero-order chi connectivity index (χ0) is 46.3. The molecule has 2 rings (SSSR count). The Balaban J connectivity index is 1.60. The number of thioether (sulfide) groups is 1. The number of nitrogens with two attached hydrogens (primary N) is 2. The van der Waals surface area contributed by atoms with E-state index in [2.05, 4.69) is 50.3 Å². The van der Waals surface area contributed by atoms with Gasteiger partial charge in [0.25, 0.3) is 11.8 Å². The Hall–Kier alpha value is -3.68. The number of unbranched alkanes of at least 4 members (excludes halogenated alkanes) is 7. The number of amides is 4. The predicted molar refractivity (Wildman–Crippen MR) is 249 cm³/mol. The van der Waals surface area contributed by atoms with Crippen LogP contribution in [0.25, 0.3) is 0 Å². The largest absolute Gasteiger partial charge is 0.387 e. The summed E-state index contributed by atoms with van der Waals surface area (Å²) in [6.45, 7) is 16.1. The van der Waals surface area contributed by atoms with E-state index in [9.17, 15) is 24.0 Å². The molecule has 0 saturated heterocycles. The summed E-state index contributed by atoms with van der Waals surface area (Å²) in [5, 5.41) is 11.8. The van der Waals surface area contributed by atoms with Crippen molar-refractivity contribution in [3.05, 3.63) is 57.6 Å². The number of carbonyl (C=O) groups excluding carboxylic acids is 5. The fourth-order valence-electron chi connectivity index (χ4n) is 6.98. The Bertz CT molecular complexity index is 1580. The summed E-state index contributed by atoms with van der Waals surface area (Å²) in [6, 6.07) is 0. The minimum absolute atomic E-state index is 0.0240. The van der Waals surface area contributed by atoms with Crippen LogP contribution in [0.5, 0.6) is 0 Å². The van der Waals surface area contributed by atoms with Crippen molar-refractivity contribution in [2.24, 2.45) is 14.7 Å². The second-order valence-electron chi connectivity index (χ2n) is 16.4. The Morgan fingerprint density at radius 2 is 1.41 bits per heavy atom. The molecule has 2 aliphatic rings. The van der Waals surface area contributed by atoms with Crippen LogP contribution in [0.15, 0.2) is 60.8 Å². The number of Topliss-reactive ketones (excluding diaryl/α,β-unsaturated/α-hetero) is 1. The van der Waals surface area contributed by atoms with Crippen LogP contribution in [0.3, 0.4) is 0 Å². The van der Waals surface area contributed by atoms with Crippen molar-refractivity contribution in [2.45, 2.75) is 135 Å². The minimum Gasteiger partial charge on any atom is -0.387 e. The van der Waals surface area contributed by atoms with E-state index in [1.807, 2.05) is 11.1 Å². The van der Waals surface area contributed by atoms with Crippen LogP contribution < -0.4 is 48.9 Å². The minimum atomic E-state index is -0.750. The summed E-state index contributed by atoms with van der Waals surface area (Å²) in [6.07, 6.45) is 18.3. The third-order valence-corrected chi connectivity index (χ3v) is 14.1.